The van der Waals surface area contributed by atoms with E-state index in [2.05, 4.69) is 19.2 Å². The lowest BCUT2D eigenvalue weighted by molar-refractivity contribution is 0.0925. The van der Waals surface area contributed by atoms with Crippen molar-refractivity contribution in [2.75, 3.05) is 7.11 Å². The van der Waals surface area contributed by atoms with Gasteiger partial charge in [-0.1, -0.05) is 32.4 Å². The number of carbonyl (C=O) groups is 1. The van der Waals surface area contributed by atoms with E-state index in [1.165, 1.54) is 0 Å². The fourth-order valence-electron chi connectivity index (χ4n) is 4.23. The van der Waals surface area contributed by atoms with E-state index in [4.69, 9.17) is 9.72 Å². The largest absolute Gasteiger partial charge is 0.497 e. The number of benzene rings is 2. The summed E-state index contributed by atoms with van der Waals surface area (Å²) in [6.45, 7) is 4.87. The Balaban J connectivity index is 1.63. The summed E-state index contributed by atoms with van der Waals surface area (Å²) >= 11 is 0. The molecule has 0 saturated carbocycles. The third-order valence-corrected chi connectivity index (χ3v) is 6.01. The number of aryl methyl sites for hydroxylation is 1. The number of ether oxygens (including phenoxy) is 1. The molecule has 0 fully saturated rings. The van der Waals surface area contributed by atoms with Crippen molar-refractivity contribution >= 4 is 16.8 Å². The van der Waals surface area contributed by atoms with E-state index < -0.39 is 0 Å². The van der Waals surface area contributed by atoms with Gasteiger partial charge in [-0.3, -0.25) is 14.2 Å². The first-order valence-electron chi connectivity index (χ1n) is 11.0. The molecule has 0 spiro atoms. The van der Waals surface area contributed by atoms with Crippen LogP contribution in [-0.2, 0) is 13.0 Å². The molecule has 4 rings (SSSR count). The SMILES string of the molecule is COc1ccc(C(NC(=O)c2ccc3c(=O)n4c(nc3c2)CCCCC4)C(C)C)cc1. The van der Waals surface area contributed by atoms with Crippen LogP contribution in [0, 0.1) is 5.92 Å². The highest BCUT2D eigenvalue weighted by Crippen LogP contribution is 2.25. The summed E-state index contributed by atoms with van der Waals surface area (Å²) in [5, 5.41) is 3.71. The van der Waals surface area contributed by atoms with E-state index >= 15 is 0 Å². The fourth-order valence-corrected chi connectivity index (χ4v) is 4.23. The van der Waals surface area contributed by atoms with Gasteiger partial charge in [0.05, 0.1) is 24.1 Å². The van der Waals surface area contributed by atoms with Crippen LogP contribution in [0.3, 0.4) is 0 Å². The van der Waals surface area contributed by atoms with Crippen molar-refractivity contribution in [2.45, 2.75) is 52.1 Å². The van der Waals surface area contributed by atoms with Gasteiger partial charge in [-0.25, -0.2) is 4.98 Å². The standard InChI is InChI=1S/C25H29N3O3/c1-16(2)23(17-8-11-19(31-3)12-9-17)27-24(29)18-10-13-20-21(15-18)26-22-7-5-4-6-14-28(22)25(20)30/h8-13,15-16,23H,4-7,14H2,1-3H3,(H,27,29). The summed E-state index contributed by atoms with van der Waals surface area (Å²) in [7, 11) is 1.63. The number of hydrogen-bond donors (Lipinski definition) is 1. The van der Waals surface area contributed by atoms with Crippen LogP contribution in [0.25, 0.3) is 10.9 Å². The number of carbonyl (C=O) groups excluding carboxylic acids is 1. The van der Waals surface area contributed by atoms with Crippen LogP contribution in [0.1, 0.15) is 60.9 Å². The average Bonchev–Trinajstić information content (AvgIpc) is 3.02. The molecule has 2 aromatic carbocycles. The Kier molecular flexibility index (Phi) is 6.07. The minimum Gasteiger partial charge on any atom is -0.497 e. The maximum Gasteiger partial charge on any atom is 0.261 e. The maximum absolute atomic E-state index is 13.1. The zero-order valence-electron chi connectivity index (χ0n) is 18.4. The Morgan fingerprint density at radius 3 is 2.58 bits per heavy atom. The Morgan fingerprint density at radius 1 is 1.10 bits per heavy atom. The van der Waals surface area contributed by atoms with Gasteiger partial charge in [-0.05, 0) is 54.7 Å². The number of rotatable bonds is 5. The number of amides is 1. The minimum atomic E-state index is -0.173. The lowest BCUT2D eigenvalue weighted by Gasteiger charge is -2.23. The van der Waals surface area contributed by atoms with Gasteiger partial charge < -0.3 is 10.1 Å². The first-order valence-corrected chi connectivity index (χ1v) is 11.0. The lowest BCUT2D eigenvalue weighted by atomic mass is 9.95. The number of fused-ring (bicyclic) bond motifs is 2. The predicted octanol–water partition coefficient (Wildman–Crippen LogP) is 4.26. The zero-order valence-corrected chi connectivity index (χ0v) is 18.4. The minimum absolute atomic E-state index is 0.00727. The second-order valence-electron chi connectivity index (χ2n) is 8.50. The molecule has 1 aliphatic rings. The zero-order chi connectivity index (χ0) is 22.0. The van der Waals surface area contributed by atoms with E-state index in [1.54, 1.807) is 29.9 Å². The quantitative estimate of drug-likeness (QED) is 0.671. The summed E-state index contributed by atoms with van der Waals surface area (Å²) in [6.07, 6.45) is 3.95. The monoisotopic (exact) mass is 419 g/mol. The number of methoxy groups -OCH3 is 1. The smallest absolute Gasteiger partial charge is 0.261 e. The van der Waals surface area contributed by atoms with Crippen molar-refractivity contribution in [3.8, 4) is 5.75 Å². The molecule has 2 heterocycles. The van der Waals surface area contributed by atoms with Crippen molar-refractivity contribution < 1.29 is 9.53 Å². The topological polar surface area (TPSA) is 73.2 Å². The van der Waals surface area contributed by atoms with E-state index in [1.807, 2.05) is 24.3 Å². The van der Waals surface area contributed by atoms with Crippen LogP contribution in [0.5, 0.6) is 5.75 Å². The van der Waals surface area contributed by atoms with Gasteiger partial charge >= 0.3 is 0 Å². The molecule has 6 nitrogen and oxygen atoms in total. The van der Waals surface area contributed by atoms with Crippen LogP contribution >= 0.6 is 0 Å². The van der Waals surface area contributed by atoms with E-state index in [0.717, 1.165) is 49.4 Å². The first-order chi connectivity index (χ1) is 15.0. The molecule has 1 N–H and O–H groups in total. The van der Waals surface area contributed by atoms with Gasteiger partial charge in [0.1, 0.15) is 11.6 Å². The predicted molar refractivity (Wildman–Crippen MR) is 122 cm³/mol. The van der Waals surface area contributed by atoms with Crippen LogP contribution < -0.4 is 15.6 Å². The molecule has 0 bridgehead atoms. The Bertz CT molecular complexity index is 1150. The van der Waals surface area contributed by atoms with Gasteiger partial charge in [0.2, 0.25) is 0 Å². The summed E-state index contributed by atoms with van der Waals surface area (Å²) in [5.74, 6) is 1.64. The van der Waals surface area contributed by atoms with E-state index in [0.29, 0.717) is 16.5 Å². The summed E-state index contributed by atoms with van der Waals surface area (Å²) < 4.78 is 7.04. The summed E-state index contributed by atoms with van der Waals surface area (Å²) in [4.78, 5) is 30.7. The Morgan fingerprint density at radius 2 is 1.87 bits per heavy atom. The van der Waals surface area contributed by atoms with Gasteiger partial charge in [-0.2, -0.15) is 0 Å². The third kappa shape index (κ3) is 4.33. The molecule has 1 atom stereocenters. The van der Waals surface area contributed by atoms with Gasteiger partial charge in [0.15, 0.2) is 0 Å². The van der Waals surface area contributed by atoms with E-state index in [9.17, 15) is 9.59 Å². The van der Waals surface area contributed by atoms with Crippen LogP contribution in [0.15, 0.2) is 47.3 Å². The van der Waals surface area contributed by atoms with Crippen molar-refractivity contribution in [1.82, 2.24) is 14.9 Å². The second kappa shape index (κ2) is 8.92. The molecular formula is C25H29N3O3. The fraction of sp³-hybridized carbons (Fsp3) is 0.400. The highest BCUT2D eigenvalue weighted by Gasteiger charge is 2.20. The van der Waals surface area contributed by atoms with Crippen molar-refractivity contribution in [3.05, 3.63) is 69.8 Å². The first kappa shape index (κ1) is 21.1. The molecule has 6 heteroatoms. The Labute approximate surface area is 182 Å². The average molecular weight is 420 g/mol. The van der Waals surface area contributed by atoms with Crippen LogP contribution in [0.4, 0.5) is 0 Å². The van der Waals surface area contributed by atoms with Gasteiger partial charge in [0.25, 0.3) is 11.5 Å². The molecule has 1 aliphatic heterocycles. The van der Waals surface area contributed by atoms with Crippen molar-refractivity contribution in [2.24, 2.45) is 5.92 Å². The van der Waals surface area contributed by atoms with Gasteiger partial charge in [-0.15, -0.1) is 0 Å². The lowest BCUT2D eigenvalue weighted by Crippen LogP contribution is -2.32. The molecule has 1 amide bonds. The molecule has 0 radical (unpaired) electrons. The highest BCUT2D eigenvalue weighted by atomic mass is 16.5. The molecule has 162 valence electrons. The molecule has 31 heavy (non-hydrogen) atoms. The third-order valence-electron chi connectivity index (χ3n) is 6.01. The molecule has 1 aromatic heterocycles. The number of aromatic nitrogens is 2. The number of nitrogens with one attached hydrogen (secondary N) is 1. The van der Waals surface area contributed by atoms with Crippen molar-refractivity contribution in [3.63, 3.8) is 0 Å². The highest BCUT2D eigenvalue weighted by molar-refractivity contribution is 5.97. The normalized spacial score (nSPS) is 14.7. The van der Waals surface area contributed by atoms with Crippen LogP contribution in [0.2, 0.25) is 0 Å². The number of nitrogens with zero attached hydrogens (tertiary/aromatic N) is 2. The van der Waals surface area contributed by atoms with Crippen molar-refractivity contribution in [1.29, 1.82) is 0 Å². The Hall–Kier alpha value is -3.15. The van der Waals surface area contributed by atoms with Gasteiger partial charge in [0, 0.05) is 18.5 Å². The summed E-state index contributed by atoms with van der Waals surface area (Å²) in [5.41, 5.74) is 2.12. The number of hydrogen-bond acceptors (Lipinski definition) is 4. The van der Waals surface area contributed by atoms with Crippen LogP contribution in [-0.4, -0.2) is 22.6 Å². The molecule has 0 saturated heterocycles. The molecule has 3 aromatic rings. The van der Waals surface area contributed by atoms with E-state index in [-0.39, 0.29) is 23.4 Å². The second-order valence-corrected chi connectivity index (χ2v) is 8.50. The molecule has 0 aliphatic carbocycles. The maximum atomic E-state index is 13.1. The summed E-state index contributed by atoms with van der Waals surface area (Å²) in [6, 6.07) is 12.8. The molecule has 1 unspecified atom stereocenters. The molecular weight excluding hydrogens is 390 g/mol.